The molecule has 0 aliphatic heterocycles. The van der Waals surface area contributed by atoms with Gasteiger partial charge in [0.15, 0.2) is 0 Å². The Morgan fingerprint density at radius 2 is 1.44 bits per heavy atom. The first-order chi connectivity index (χ1) is 14.1. The van der Waals surface area contributed by atoms with Crippen LogP contribution in [-0.4, -0.2) is 35.7 Å². The monoisotopic (exact) mass is 572 g/mol. The number of unbranched alkanes of at least 4 members (excludes halogenated alkanes) is 1. The number of benzene rings is 2. The molecule has 0 spiro atoms. The van der Waals surface area contributed by atoms with Gasteiger partial charge in [-0.2, -0.15) is 8.42 Å². The quantitative estimate of drug-likeness (QED) is 0.135. The fourth-order valence-corrected chi connectivity index (χ4v) is 7.28. The maximum absolute atomic E-state index is 9.19. The van der Waals surface area contributed by atoms with Crippen LogP contribution in [0.25, 0.3) is 11.1 Å². The van der Waals surface area contributed by atoms with E-state index < -0.39 is 10.1 Å². The number of anilines is 1. The van der Waals surface area contributed by atoms with Crippen LogP contribution in [-0.2, 0) is 30.5 Å². The molecule has 0 heterocycles. The van der Waals surface area contributed by atoms with Crippen molar-refractivity contribution in [2.45, 2.75) is 71.6 Å². The van der Waals surface area contributed by atoms with Gasteiger partial charge in [0.1, 0.15) is 0 Å². The molecule has 0 saturated carbocycles. The number of nitrogen functional groups attached to an aromatic ring is 1. The van der Waals surface area contributed by atoms with E-state index in [9.17, 15) is 8.42 Å². The molecule has 0 aromatic heterocycles. The molecule has 0 fully saturated rings. The second-order valence-electron chi connectivity index (χ2n) is 9.44. The van der Waals surface area contributed by atoms with E-state index in [0.29, 0.717) is 16.6 Å². The molecule has 0 unspecified atom stereocenters. The minimum atomic E-state index is -3.67. The summed E-state index contributed by atoms with van der Waals surface area (Å²) in [6, 6.07) is 18.8. The van der Waals surface area contributed by atoms with Gasteiger partial charge in [-0.05, 0) is 34.6 Å². The normalized spacial score (nSPS) is 11.4. The zero-order chi connectivity index (χ0) is 24.3. The Hall–Kier alpha value is -0.758. The minimum Gasteiger partial charge on any atom is -0.406 e. The fourth-order valence-electron chi connectivity index (χ4n) is 3.30. The third kappa shape index (κ3) is 15.9. The van der Waals surface area contributed by atoms with Crippen molar-refractivity contribution in [1.29, 1.82) is 0 Å². The van der Waals surface area contributed by atoms with Crippen molar-refractivity contribution in [2.75, 3.05) is 18.2 Å². The van der Waals surface area contributed by atoms with Gasteiger partial charge in [0.2, 0.25) is 0 Å². The second kappa shape index (κ2) is 15.2. The van der Waals surface area contributed by atoms with Crippen LogP contribution in [0.3, 0.4) is 0 Å². The molecule has 0 bridgehead atoms. The van der Waals surface area contributed by atoms with Gasteiger partial charge >= 0.3 is 0 Å². The van der Waals surface area contributed by atoms with Crippen LogP contribution in [0.5, 0.6) is 0 Å². The molecule has 0 atom stereocenters. The molecule has 2 rings (SSSR count). The van der Waals surface area contributed by atoms with E-state index in [4.69, 9.17) is 10.3 Å². The van der Waals surface area contributed by atoms with Crippen LogP contribution in [0, 0.1) is 6.07 Å². The number of rotatable bonds is 4. The van der Waals surface area contributed by atoms with Crippen molar-refractivity contribution in [3.8, 4) is 11.1 Å². The molecule has 4 nitrogen and oxygen atoms in total. The zero-order valence-electron chi connectivity index (χ0n) is 20.8. The first-order valence-electron chi connectivity index (χ1n) is 10.6. The third-order valence-electron chi connectivity index (χ3n) is 4.31. The van der Waals surface area contributed by atoms with E-state index in [2.05, 4.69) is 54.5 Å². The standard InChI is InChI=1S/C12H10N.C12H27P.CH4O3S.Pd/c13-12-9-5-4-8-11(12)10-6-2-1-3-7-10;1-8-9-10-13(11(2,3)4)12(5,6)7;1-5(2,3)4;/h1-6,8-9H,13H2;8-10H2,1-7H3;1H3,(H,2,3,4);/q-1;;;. The summed E-state index contributed by atoms with van der Waals surface area (Å²) in [6.07, 6.45) is 4.90. The van der Waals surface area contributed by atoms with Crippen LogP contribution in [0.1, 0.15) is 61.3 Å². The summed E-state index contributed by atoms with van der Waals surface area (Å²) in [7, 11) is -3.52. The van der Waals surface area contributed by atoms with Crippen molar-refractivity contribution >= 4 is 23.7 Å². The van der Waals surface area contributed by atoms with Gasteiger partial charge < -0.3 is 5.73 Å². The summed E-state index contributed by atoms with van der Waals surface area (Å²) in [5.74, 6) is 0. The average Bonchev–Trinajstić information content (AvgIpc) is 2.60. The predicted molar refractivity (Wildman–Crippen MR) is 139 cm³/mol. The molecular formula is C25H41NO3PPdS-. The smallest absolute Gasteiger partial charge is 0.261 e. The Bertz CT molecular complexity index is 839. The van der Waals surface area contributed by atoms with Gasteiger partial charge in [-0.15, -0.1) is 35.9 Å². The van der Waals surface area contributed by atoms with E-state index >= 15 is 0 Å². The Morgan fingerprint density at radius 1 is 0.969 bits per heavy atom. The average molecular weight is 573 g/mol. The van der Waals surface area contributed by atoms with Crippen LogP contribution in [0.2, 0.25) is 0 Å². The van der Waals surface area contributed by atoms with Gasteiger partial charge in [0, 0.05) is 20.4 Å². The molecule has 0 saturated heterocycles. The van der Waals surface area contributed by atoms with Crippen molar-refractivity contribution in [2.24, 2.45) is 0 Å². The van der Waals surface area contributed by atoms with Crippen molar-refractivity contribution in [1.82, 2.24) is 0 Å². The molecule has 2 aromatic carbocycles. The largest absolute Gasteiger partial charge is 0.406 e. The number of hydrogen-bond acceptors (Lipinski definition) is 3. The van der Waals surface area contributed by atoms with E-state index in [0.717, 1.165) is 16.8 Å². The summed E-state index contributed by atoms with van der Waals surface area (Å²) in [5, 5.41) is 1.03. The summed E-state index contributed by atoms with van der Waals surface area (Å²) in [6.45, 7) is 16.7. The maximum Gasteiger partial charge on any atom is 0.261 e. The van der Waals surface area contributed by atoms with Gasteiger partial charge in [-0.25, -0.2) is 0 Å². The number of nitrogens with two attached hydrogens (primary N) is 1. The molecule has 0 aliphatic carbocycles. The zero-order valence-corrected chi connectivity index (χ0v) is 24.0. The molecule has 3 N–H and O–H groups in total. The summed E-state index contributed by atoms with van der Waals surface area (Å²) in [4.78, 5) is 0. The van der Waals surface area contributed by atoms with E-state index in [1.807, 2.05) is 48.5 Å². The molecule has 7 heteroatoms. The minimum absolute atomic E-state index is 0. The Labute approximate surface area is 211 Å². The van der Waals surface area contributed by atoms with Crippen LogP contribution < -0.4 is 5.73 Å². The topological polar surface area (TPSA) is 80.4 Å². The molecule has 32 heavy (non-hydrogen) atoms. The molecular weight excluding hydrogens is 532 g/mol. The van der Waals surface area contributed by atoms with E-state index in [-0.39, 0.29) is 28.3 Å². The first kappa shape index (κ1) is 33.4. The van der Waals surface area contributed by atoms with Gasteiger partial charge in [0.25, 0.3) is 10.1 Å². The van der Waals surface area contributed by atoms with Gasteiger partial charge in [-0.3, -0.25) is 4.55 Å². The van der Waals surface area contributed by atoms with Crippen molar-refractivity contribution in [3.05, 3.63) is 54.6 Å². The fraction of sp³-hybridized carbons (Fsp3) is 0.520. The maximum atomic E-state index is 9.19. The molecule has 0 amide bonds. The summed E-state index contributed by atoms with van der Waals surface area (Å²) >= 11 is 0. The SMILES string of the molecule is CCCCP(C(C)(C)C)C(C)(C)C.CS(=O)(=O)O.Nc1ccccc1-c1[c-]cccc1.[Pd]. The van der Waals surface area contributed by atoms with Crippen LogP contribution in [0.4, 0.5) is 5.69 Å². The van der Waals surface area contributed by atoms with Crippen molar-refractivity contribution < 1.29 is 33.4 Å². The van der Waals surface area contributed by atoms with Crippen LogP contribution >= 0.6 is 7.92 Å². The molecule has 186 valence electrons. The number of hydrogen-bond donors (Lipinski definition) is 2. The number of para-hydroxylation sites is 1. The summed E-state index contributed by atoms with van der Waals surface area (Å²) in [5.41, 5.74) is 8.72. The van der Waals surface area contributed by atoms with Crippen LogP contribution in [0.15, 0.2) is 48.5 Å². The molecule has 0 aliphatic rings. The Morgan fingerprint density at radius 3 is 1.81 bits per heavy atom. The second-order valence-corrected chi connectivity index (χ2v) is 14.9. The van der Waals surface area contributed by atoms with E-state index in [1.165, 1.54) is 19.0 Å². The third-order valence-corrected chi connectivity index (χ3v) is 8.32. The van der Waals surface area contributed by atoms with E-state index in [1.54, 1.807) is 0 Å². The van der Waals surface area contributed by atoms with Gasteiger partial charge in [-0.1, -0.05) is 86.6 Å². The molecule has 2 aromatic rings. The van der Waals surface area contributed by atoms with Crippen molar-refractivity contribution in [3.63, 3.8) is 0 Å². The first-order valence-corrected chi connectivity index (χ1v) is 14.0. The summed E-state index contributed by atoms with van der Waals surface area (Å²) < 4.78 is 25.9. The van der Waals surface area contributed by atoms with Gasteiger partial charge in [0.05, 0.1) is 6.26 Å². The Balaban J connectivity index is 0. The predicted octanol–water partition coefficient (Wildman–Crippen LogP) is 7.10. The Kier molecular flexibility index (Phi) is 15.9. The molecule has 0 radical (unpaired) electrons.